The highest BCUT2D eigenvalue weighted by molar-refractivity contribution is 6.01. The molecule has 25 heavy (non-hydrogen) atoms. The van der Waals surface area contributed by atoms with E-state index in [2.05, 4.69) is 5.32 Å². The van der Waals surface area contributed by atoms with Gasteiger partial charge in [0.05, 0.1) is 5.69 Å². The third kappa shape index (κ3) is 3.22. The molecule has 3 rings (SSSR count). The summed E-state index contributed by atoms with van der Waals surface area (Å²) in [5.74, 6) is -1.71. The zero-order chi connectivity index (χ0) is 17.9. The smallest absolute Gasteiger partial charge is 0.265 e. The molecule has 0 saturated carbocycles. The van der Waals surface area contributed by atoms with Crippen molar-refractivity contribution in [1.82, 2.24) is 0 Å². The molecule has 0 heterocycles. The Balaban J connectivity index is 2.06. The topological polar surface area (TPSA) is 69.6 Å². The van der Waals surface area contributed by atoms with Gasteiger partial charge >= 0.3 is 0 Å². The standard InChI is InChI=1S/C20H16FNO3/c21-16-11-12-18(23)17(13-16)22-19(24)20(25,14-7-3-1-4-8-14)15-9-5-2-6-10-15/h1-13,23,25H,(H,22,24). The van der Waals surface area contributed by atoms with Crippen LogP contribution in [-0.4, -0.2) is 16.1 Å². The van der Waals surface area contributed by atoms with Crippen molar-refractivity contribution in [2.24, 2.45) is 0 Å². The van der Waals surface area contributed by atoms with Gasteiger partial charge in [0, 0.05) is 6.07 Å². The quantitative estimate of drug-likeness (QED) is 0.639. The first-order chi connectivity index (χ1) is 12.0. The fourth-order valence-corrected chi connectivity index (χ4v) is 2.61. The first-order valence-corrected chi connectivity index (χ1v) is 7.65. The number of phenols is 1. The van der Waals surface area contributed by atoms with Crippen LogP contribution in [0, 0.1) is 5.82 Å². The van der Waals surface area contributed by atoms with E-state index in [9.17, 15) is 19.4 Å². The lowest BCUT2D eigenvalue weighted by molar-refractivity contribution is -0.131. The molecule has 0 radical (unpaired) electrons. The van der Waals surface area contributed by atoms with Gasteiger partial charge in [-0.1, -0.05) is 60.7 Å². The third-order valence-corrected chi connectivity index (χ3v) is 3.92. The van der Waals surface area contributed by atoms with Crippen LogP contribution in [0.5, 0.6) is 5.75 Å². The van der Waals surface area contributed by atoms with Gasteiger partial charge in [-0.15, -0.1) is 0 Å². The lowest BCUT2D eigenvalue weighted by Crippen LogP contribution is -2.41. The predicted octanol–water partition coefficient (Wildman–Crippen LogP) is 3.41. The molecule has 0 aliphatic heterocycles. The second kappa shape index (κ2) is 6.75. The highest BCUT2D eigenvalue weighted by atomic mass is 19.1. The lowest BCUT2D eigenvalue weighted by atomic mass is 9.85. The van der Waals surface area contributed by atoms with Crippen LogP contribution in [0.4, 0.5) is 10.1 Å². The monoisotopic (exact) mass is 337 g/mol. The minimum Gasteiger partial charge on any atom is -0.506 e. The molecule has 126 valence electrons. The number of hydrogen-bond donors (Lipinski definition) is 3. The summed E-state index contributed by atoms with van der Waals surface area (Å²) in [5.41, 5.74) is -1.40. The lowest BCUT2D eigenvalue weighted by Gasteiger charge is -2.28. The van der Waals surface area contributed by atoms with E-state index in [-0.39, 0.29) is 11.4 Å². The van der Waals surface area contributed by atoms with Crippen molar-refractivity contribution in [3.8, 4) is 5.75 Å². The number of phenolic OH excluding ortho intramolecular Hbond substituents is 1. The Hall–Kier alpha value is -3.18. The minimum absolute atomic E-state index is 0.115. The summed E-state index contributed by atoms with van der Waals surface area (Å²) in [6.07, 6.45) is 0. The van der Waals surface area contributed by atoms with E-state index in [1.54, 1.807) is 60.7 Å². The largest absolute Gasteiger partial charge is 0.506 e. The predicted molar refractivity (Wildman–Crippen MR) is 92.6 cm³/mol. The fraction of sp³-hybridized carbons (Fsp3) is 0.0500. The van der Waals surface area contributed by atoms with E-state index in [4.69, 9.17) is 0 Å². The third-order valence-electron chi connectivity index (χ3n) is 3.92. The van der Waals surface area contributed by atoms with Gasteiger partial charge in [-0.25, -0.2) is 4.39 Å². The molecular formula is C20H16FNO3. The van der Waals surface area contributed by atoms with Gasteiger partial charge in [0.1, 0.15) is 11.6 Å². The Morgan fingerprint density at radius 2 is 1.40 bits per heavy atom. The van der Waals surface area contributed by atoms with Crippen molar-refractivity contribution in [3.63, 3.8) is 0 Å². The van der Waals surface area contributed by atoms with E-state index in [1.165, 1.54) is 0 Å². The Labute approximate surface area is 144 Å². The van der Waals surface area contributed by atoms with Gasteiger partial charge in [0.15, 0.2) is 5.60 Å². The maximum atomic E-state index is 13.4. The van der Waals surface area contributed by atoms with E-state index in [0.717, 1.165) is 18.2 Å². The van der Waals surface area contributed by atoms with Crippen molar-refractivity contribution in [2.75, 3.05) is 5.32 Å². The summed E-state index contributed by atoms with van der Waals surface area (Å²) < 4.78 is 13.4. The van der Waals surface area contributed by atoms with Gasteiger partial charge in [-0.05, 0) is 23.3 Å². The molecule has 1 amide bonds. The number of hydrogen-bond acceptors (Lipinski definition) is 3. The van der Waals surface area contributed by atoms with E-state index < -0.39 is 17.3 Å². The van der Waals surface area contributed by atoms with Gasteiger partial charge < -0.3 is 15.5 Å². The van der Waals surface area contributed by atoms with Crippen LogP contribution in [0.1, 0.15) is 11.1 Å². The van der Waals surface area contributed by atoms with Crippen molar-refractivity contribution in [2.45, 2.75) is 5.60 Å². The molecule has 3 aromatic carbocycles. The van der Waals surface area contributed by atoms with Gasteiger partial charge in [0.25, 0.3) is 5.91 Å². The van der Waals surface area contributed by atoms with Crippen LogP contribution in [0.15, 0.2) is 78.9 Å². The normalized spacial score (nSPS) is 11.1. The number of nitrogens with one attached hydrogen (secondary N) is 1. The molecule has 3 aromatic rings. The molecule has 0 fully saturated rings. The number of halogens is 1. The van der Waals surface area contributed by atoms with Gasteiger partial charge in [-0.3, -0.25) is 4.79 Å². The van der Waals surface area contributed by atoms with Crippen molar-refractivity contribution < 1.29 is 19.4 Å². The average molecular weight is 337 g/mol. The van der Waals surface area contributed by atoms with E-state index in [1.807, 2.05) is 0 Å². The fourth-order valence-electron chi connectivity index (χ4n) is 2.61. The first-order valence-electron chi connectivity index (χ1n) is 7.65. The second-order valence-electron chi connectivity index (χ2n) is 5.56. The molecule has 0 aliphatic rings. The van der Waals surface area contributed by atoms with Crippen molar-refractivity contribution in [3.05, 3.63) is 95.8 Å². The highest BCUT2D eigenvalue weighted by Crippen LogP contribution is 2.32. The number of aliphatic hydroxyl groups is 1. The summed E-state index contributed by atoms with van der Waals surface area (Å²) in [6, 6.07) is 20.0. The average Bonchev–Trinajstić information content (AvgIpc) is 2.65. The minimum atomic E-state index is -2.00. The maximum Gasteiger partial charge on any atom is 0.265 e. The number of carbonyl (C=O) groups excluding carboxylic acids is 1. The summed E-state index contributed by atoms with van der Waals surface area (Å²) in [6.45, 7) is 0. The Morgan fingerprint density at radius 1 is 0.880 bits per heavy atom. The maximum absolute atomic E-state index is 13.4. The molecule has 0 saturated heterocycles. The highest BCUT2D eigenvalue weighted by Gasteiger charge is 2.40. The molecule has 5 heteroatoms. The molecular weight excluding hydrogens is 321 g/mol. The van der Waals surface area contributed by atoms with E-state index >= 15 is 0 Å². The zero-order valence-corrected chi connectivity index (χ0v) is 13.2. The van der Waals surface area contributed by atoms with Gasteiger partial charge in [-0.2, -0.15) is 0 Å². The first kappa shape index (κ1) is 16.7. The summed E-state index contributed by atoms with van der Waals surface area (Å²) in [5, 5.41) is 23.5. The molecule has 0 aromatic heterocycles. The van der Waals surface area contributed by atoms with Crippen LogP contribution in [0.25, 0.3) is 0 Å². The van der Waals surface area contributed by atoms with Crippen molar-refractivity contribution in [1.29, 1.82) is 0 Å². The van der Waals surface area contributed by atoms with E-state index in [0.29, 0.717) is 11.1 Å². The number of anilines is 1. The van der Waals surface area contributed by atoms with Crippen LogP contribution in [-0.2, 0) is 10.4 Å². The van der Waals surface area contributed by atoms with Crippen LogP contribution in [0.3, 0.4) is 0 Å². The molecule has 0 aliphatic carbocycles. The van der Waals surface area contributed by atoms with Crippen molar-refractivity contribution >= 4 is 11.6 Å². The summed E-state index contributed by atoms with van der Waals surface area (Å²) in [7, 11) is 0. The van der Waals surface area contributed by atoms with Crippen LogP contribution >= 0.6 is 0 Å². The number of carbonyl (C=O) groups is 1. The molecule has 0 bridgehead atoms. The molecule has 4 nitrogen and oxygen atoms in total. The van der Waals surface area contributed by atoms with Crippen LogP contribution in [0.2, 0.25) is 0 Å². The van der Waals surface area contributed by atoms with Gasteiger partial charge in [0.2, 0.25) is 0 Å². The molecule has 0 atom stereocenters. The Morgan fingerprint density at radius 3 is 1.92 bits per heavy atom. The number of rotatable bonds is 4. The molecule has 3 N–H and O–H groups in total. The summed E-state index contributed by atoms with van der Waals surface area (Å²) in [4.78, 5) is 12.9. The number of aromatic hydroxyl groups is 1. The Bertz CT molecular complexity index is 842. The Kier molecular flexibility index (Phi) is 4.50. The number of amides is 1. The number of benzene rings is 3. The van der Waals surface area contributed by atoms with Crippen LogP contribution < -0.4 is 5.32 Å². The molecule has 0 unspecified atom stereocenters. The zero-order valence-electron chi connectivity index (χ0n) is 13.2. The summed E-state index contributed by atoms with van der Waals surface area (Å²) >= 11 is 0. The second-order valence-corrected chi connectivity index (χ2v) is 5.56. The molecule has 0 spiro atoms. The SMILES string of the molecule is O=C(Nc1cc(F)ccc1O)C(O)(c1ccccc1)c1ccccc1.